The summed E-state index contributed by atoms with van der Waals surface area (Å²) in [5.74, 6) is -0.291. The summed E-state index contributed by atoms with van der Waals surface area (Å²) in [6, 6.07) is 3.28. The summed E-state index contributed by atoms with van der Waals surface area (Å²) in [6.45, 7) is 3.99. The molecule has 1 unspecified atom stereocenters. The molecule has 0 spiro atoms. The van der Waals surface area contributed by atoms with Gasteiger partial charge in [-0.05, 0) is 49.8 Å². The number of pyridine rings is 1. The second-order valence-corrected chi connectivity index (χ2v) is 8.48. The summed E-state index contributed by atoms with van der Waals surface area (Å²) in [5, 5.41) is 3.66. The van der Waals surface area contributed by atoms with Crippen molar-refractivity contribution < 1.29 is 14.3 Å². The number of nitrogens with one attached hydrogen (secondary N) is 1. The molecular weight excluding hydrogens is 404 g/mol. The standard InChI is InChI=1S/C21H22N4O4S/c1-3-29-21(28)17-13-7-6-12(2)9-15(13)30-19(17)24-16(26)10-25-11-23-18-14(20(25)27)5-4-8-22-18/h4-5,8,11-12H,3,6-7,9-10H2,1-2H3,(H,24,26). The fourth-order valence-corrected chi connectivity index (χ4v) is 5.10. The molecule has 1 aliphatic rings. The molecule has 1 aliphatic carbocycles. The van der Waals surface area contributed by atoms with Gasteiger partial charge in [-0.25, -0.2) is 14.8 Å². The van der Waals surface area contributed by atoms with E-state index < -0.39 is 11.9 Å². The van der Waals surface area contributed by atoms with E-state index in [9.17, 15) is 14.4 Å². The van der Waals surface area contributed by atoms with Crippen LogP contribution in [-0.4, -0.2) is 33.0 Å². The number of hydrogen-bond acceptors (Lipinski definition) is 7. The van der Waals surface area contributed by atoms with Gasteiger partial charge in [0.25, 0.3) is 5.56 Å². The maximum Gasteiger partial charge on any atom is 0.341 e. The Balaban J connectivity index is 1.61. The molecule has 3 aromatic rings. The van der Waals surface area contributed by atoms with Gasteiger partial charge in [0.2, 0.25) is 5.91 Å². The molecule has 0 radical (unpaired) electrons. The third-order valence-corrected chi connectivity index (χ3v) is 6.33. The van der Waals surface area contributed by atoms with Crippen LogP contribution in [0.2, 0.25) is 0 Å². The highest BCUT2D eigenvalue weighted by atomic mass is 32.1. The lowest BCUT2D eigenvalue weighted by atomic mass is 9.88. The summed E-state index contributed by atoms with van der Waals surface area (Å²) in [6.07, 6.45) is 5.53. The monoisotopic (exact) mass is 426 g/mol. The van der Waals surface area contributed by atoms with E-state index in [0.29, 0.717) is 27.5 Å². The zero-order valence-electron chi connectivity index (χ0n) is 16.8. The van der Waals surface area contributed by atoms with Crippen molar-refractivity contribution in [3.8, 4) is 0 Å². The summed E-state index contributed by atoms with van der Waals surface area (Å²) in [4.78, 5) is 47.2. The Labute approximate surface area is 176 Å². The van der Waals surface area contributed by atoms with Crippen LogP contribution in [0.3, 0.4) is 0 Å². The lowest BCUT2D eigenvalue weighted by molar-refractivity contribution is -0.116. The molecule has 0 saturated heterocycles. The summed E-state index contributed by atoms with van der Waals surface area (Å²) in [5.41, 5.74) is 1.42. The van der Waals surface area contributed by atoms with Crippen LogP contribution in [0.25, 0.3) is 11.0 Å². The Hall–Kier alpha value is -3.07. The van der Waals surface area contributed by atoms with Crippen LogP contribution in [0, 0.1) is 5.92 Å². The maximum absolute atomic E-state index is 12.7. The van der Waals surface area contributed by atoms with Gasteiger partial charge in [-0.3, -0.25) is 14.2 Å². The average molecular weight is 426 g/mol. The van der Waals surface area contributed by atoms with E-state index in [-0.39, 0.29) is 18.7 Å². The number of aromatic nitrogens is 3. The quantitative estimate of drug-likeness (QED) is 0.629. The van der Waals surface area contributed by atoms with E-state index in [2.05, 4.69) is 22.2 Å². The highest BCUT2D eigenvalue weighted by molar-refractivity contribution is 7.17. The van der Waals surface area contributed by atoms with E-state index in [1.54, 1.807) is 25.3 Å². The van der Waals surface area contributed by atoms with Crippen LogP contribution in [0.1, 0.15) is 41.1 Å². The number of anilines is 1. The zero-order chi connectivity index (χ0) is 21.3. The summed E-state index contributed by atoms with van der Waals surface area (Å²) < 4.78 is 6.47. The van der Waals surface area contributed by atoms with E-state index in [1.165, 1.54) is 22.2 Å². The molecule has 3 heterocycles. The van der Waals surface area contributed by atoms with Crippen molar-refractivity contribution in [1.82, 2.24) is 14.5 Å². The number of nitrogens with zero attached hydrogens (tertiary/aromatic N) is 3. The molecule has 9 heteroatoms. The predicted molar refractivity (Wildman–Crippen MR) is 114 cm³/mol. The molecule has 1 amide bonds. The highest BCUT2D eigenvalue weighted by Gasteiger charge is 2.29. The number of carbonyl (C=O) groups is 2. The van der Waals surface area contributed by atoms with E-state index in [1.807, 2.05) is 0 Å². The fourth-order valence-electron chi connectivity index (χ4n) is 3.69. The SMILES string of the molecule is CCOC(=O)c1c(NC(=O)Cn2cnc3ncccc3c2=O)sc2c1CCC(C)C2. The third-order valence-electron chi connectivity index (χ3n) is 5.16. The first kappa shape index (κ1) is 20.2. The Morgan fingerprint density at radius 1 is 1.37 bits per heavy atom. The highest BCUT2D eigenvalue weighted by Crippen LogP contribution is 2.40. The molecule has 156 valence electrons. The molecule has 1 N–H and O–H groups in total. The van der Waals surface area contributed by atoms with Gasteiger partial charge in [0.1, 0.15) is 17.9 Å². The van der Waals surface area contributed by atoms with Crippen molar-refractivity contribution in [3.05, 3.63) is 51.0 Å². The second kappa shape index (κ2) is 8.35. The molecular formula is C21H22N4O4S. The number of carbonyl (C=O) groups excluding carboxylic acids is 2. The topological polar surface area (TPSA) is 103 Å². The minimum Gasteiger partial charge on any atom is -0.462 e. The molecule has 4 rings (SSSR count). The second-order valence-electron chi connectivity index (χ2n) is 7.38. The third kappa shape index (κ3) is 3.85. The Morgan fingerprint density at radius 3 is 3.00 bits per heavy atom. The van der Waals surface area contributed by atoms with Crippen molar-refractivity contribution in [2.45, 2.75) is 39.7 Å². The van der Waals surface area contributed by atoms with Crippen molar-refractivity contribution in [2.24, 2.45) is 5.92 Å². The van der Waals surface area contributed by atoms with Crippen LogP contribution < -0.4 is 10.9 Å². The number of ether oxygens (including phenoxy) is 1. The zero-order valence-corrected chi connectivity index (χ0v) is 17.6. The van der Waals surface area contributed by atoms with Crippen molar-refractivity contribution in [2.75, 3.05) is 11.9 Å². The number of hydrogen-bond donors (Lipinski definition) is 1. The van der Waals surface area contributed by atoms with Gasteiger partial charge in [0, 0.05) is 11.1 Å². The van der Waals surface area contributed by atoms with Crippen LogP contribution >= 0.6 is 11.3 Å². The van der Waals surface area contributed by atoms with Gasteiger partial charge >= 0.3 is 5.97 Å². The van der Waals surface area contributed by atoms with Crippen LogP contribution in [-0.2, 0) is 28.9 Å². The molecule has 0 aromatic carbocycles. The normalized spacial score (nSPS) is 15.6. The number of thiophene rings is 1. The van der Waals surface area contributed by atoms with Crippen LogP contribution in [0.5, 0.6) is 0 Å². The molecule has 1 atom stereocenters. The van der Waals surface area contributed by atoms with Gasteiger partial charge in [-0.2, -0.15) is 0 Å². The smallest absolute Gasteiger partial charge is 0.341 e. The maximum atomic E-state index is 12.7. The average Bonchev–Trinajstić information content (AvgIpc) is 3.07. The molecule has 0 saturated carbocycles. The summed E-state index contributed by atoms with van der Waals surface area (Å²) >= 11 is 1.42. The molecule has 0 bridgehead atoms. The Morgan fingerprint density at radius 2 is 2.20 bits per heavy atom. The predicted octanol–water partition coefficient (Wildman–Crippen LogP) is 2.79. The van der Waals surface area contributed by atoms with Gasteiger partial charge in [-0.1, -0.05) is 6.92 Å². The van der Waals surface area contributed by atoms with E-state index in [4.69, 9.17) is 4.74 Å². The minimum atomic E-state index is -0.421. The Kier molecular flexibility index (Phi) is 5.63. The van der Waals surface area contributed by atoms with Crippen LogP contribution in [0.15, 0.2) is 29.5 Å². The minimum absolute atomic E-state index is 0.210. The molecule has 0 aliphatic heterocycles. The molecule has 30 heavy (non-hydrogen) atoms. The number of amides is 1. The van der Waals surface area contributed by atoms with Crippen molar-refractivity contribution in [3.63, 3.8) is 0 Å². The van der Waals surface area contributed by atoms with E-state index in [0.717, 1.165) is 29.7 Å². The number of fused-ring (bicyclic) bond motifs is 2. The molecule has 8 nitrogen and oxygen atoms in total. The van der Waals surface area contributed by atoms with Crippen molar-refractivity contribution >= 4 is 39.2 Å². The number of rotatable bonds is 5. The lowest BCUT2D eigenvalue weighted by Crippen LogP contribution is -2.28. The summed E-state index contributed by atoms with van der Waals surface area (Å²) in [7, 11) is 0. The lowest BCUT2D eigenvalue weighted by Gasteiger charge is -2.18. The molecule has 0 fully saturated rings. The van der Waals surface area contributed by atoms with Gasteiger partial charge in [0.05, 0.1) is 17.6 Å². The van der Waals surface area contributed by atoms with E-state index >= 15 is 0 Å². The number of esters is 1. The molecule has 3 aromatic heterocycles. The van der Waals surface area contributed by atoms with Gasteiger partial charge in [-0.15, -0.1) is 11.3 Å². The largest absolute Gasteiger partial charge is 0.462 e. The van der Waals surface area contributed by atoms with Gasteiger partial charge < -0.3 is 10.1 Å². The van der Waals surface area contributed by atoms with Crippen molar-refractivity contribution in [1.29, 1.82) is 0 Å². The van der Waals surface area contributed by atoms with Gasteiger partial charge in [0.15, 0.2) is 5.65 Å². The fraction of sp³-hybridized carbons (Fsp3) is 0.381. The first-order valence-electron chi connectivity index (χ1n) is 9.89. The van der Waals surface area contributed by atoms with Crippen LogP contribution in [0.4, 0.5) is 5.00 Å². The first-order chi connectivity index (χ1) is 14.5. The first-order valence-corrected chi connectivity index (χ1v) is 10.7. The Bertz CT molecular complexity index is 1180.